The lowest BCUT2D eigenvalue weighted by Crippen LogP contribution is -2.25. The summed E-state index contributed by atoms with van der Waals surface area (Å²) < 4.78 is 0. The van der Waals surface area contributed by atoms with Crippen LogP contribution in [0.1, 0.15) is 16.4 Å². The summed E-state index contributed by atoms with van der Waals surface area (Å²) in [5.41, 5.74) is 1.25. The second-order valence-corrected chi connectivity index (χ2v) is 5.82. The highest BCUT2D eigenvalue weighted by Gasteiger charge is 2.11. The van der Waals surface area contributed by atoms with E-state index in [0.717, 1.165) is 10.7 Å². The second-order valence-electron chi connectivity index (χ2n) is 4.88. The van der Waals surface area contributed by atoms with Gasteiger partial charge < -0.3 is 5.32 Å². The van der Waals surface area contributed by atoms with E-state index in [9.17, 15) is 9.59 Å². The summed E-state index contributed by atoms with van der Waals surface area (Å²) in [7, 11) is 0. The molecule has 0 aliphatic rings. The SMILES string of the molecule is Cc1csc(CNC(=O)Cc2n[nH]c(=O)c3ccccc23)n1. The van der Waals surface area contributed by atoms with Crippen LogP contribution in [0.15, 0.2) is 34.4 Å². The zero-order valence-electron chi connectivity index (χ0n) is 11.9. The van der Waals surface area contributed by atoms with Crippen molar-refractivity contribution in [2.45, 2.75) is 19.9 Å². The van der Waals surface area contributed by atoms with Gasteiger partial charge in [0, 0.05) is 16.5 Å². The summed E-state index contributed by atoms with van der Waals surface area (Å²) in [6.45, 7) is 2.32. The molecule has 2 N–H and O–H groups in total. The molecule has 2 heterocycles. The van der Waals surface area contributed by atoms with Gasteiger partial charge in [0.05, 0.1) is 24.0 Å². The van der Waals surface area contributed by atoms with E-state index in [2.05, 4.69) is 20.5 Å². The van der Waals surface area contributed by atoms with Crippen LogP contribution in [-0.4, -0.2) is 21.1 Å². The molecule has 112 valence electrons. The third-order valence-corrected chi connectivity index (χ3v) is 4.17. The van der Waals surface area contributed by atoms with Gasteiger partial charge in [0.1, 0.15) is 5.01 Å². The van der Waals surface area contributed by atoms with Crippen molar-refractivity contribution in [3.63, 3.8) is 0 Å². The maximum Gasteiger partial charge on any atom is 0.272 e. The smallest absolute Gasteiger partial charge is 0.272 e. The Balaban J connectivity index is 1.74. The van der Waals surface area contributed by atoms with Crippen LogP contribution < -0.4 is 10.9 Å². The van der Waals surface area contributed by atoms with Crippen molar-refractivity contribution >= 4 is 28.0 Å². The van der Waals surface area contributed by atoms with Crippen LogP contribution in [0.2, 0.25) is 0 Å². The zero-order valence-corrected chi connectivity index (χ0v) is 12.7. The molecule has 6 nitrogen and oxygen atoms in total. The Morgan fingerprint density at radius 2 is 2.09 bits per heavy atom. The fraction of sp³-hybridized carbons (Fsp3) is 0.200. The molecule has 1 amide bonds. The molecular weight excluding hydrogens is 300 g/mol. The number of nitrogens with zero attached hydrogens (tertiary/aromatic N) is 2. The first-order valence-corrected chi connectivity index (χ1v) is 7.65. The normalized spacial score (nSPS) is 10.8. The van der Waals surface area contributed by atoms with E-state index in [4.69, 9.17) is 0 Å². The van der Waals surface area contributed by atoms with Crippen LogP contribution >= 0.6 is 11.3 Å². The van der Waals surface area contributed by atoms with Crippen LogP contribution in [0.4, 0.5) is 0 Å². The molecular formula is C15H14N4O2S. The largest absolute Gasteiger partial charge is 0.349 e. The minimum absolute atomic E-state index is 0.113. The second kappa shape index (κ2) is 6.07. The number of fused-ring (bicyclic) bond motifs is 1. The molecule has 0 unspecified atom stereocenters. The standard InChI is InChI=1S/C15H14N4O2S/c1-9-8-22-14(17-9)7-16-13(20)6-12-10-4-2-3-5-11(10)15(21)19-18-12/h2-5,8H,6-7H2,1H3,(H,16,20)(H,19,21). The Bertz CT molecular complexity index is 884. The number of nitrogens with one attached hydrogen (secondary N) is 2. The van der Waals surface area contributed by atoms with Gasteiger partial charge in [-0.05, 0) is 13.0 Å². The maximum absolute atomic E-state index is 12.1. The Morgan fingerprint density at radius 1 is 1.32 bits per heavy atom. The van der Waals surface area contributed by atoms with Crippen molar-refractivity contribution in [1.82, 2.24) is 20.5 Å². The van der Waals surface area contributed by atoms with Crippen molar-refractivity contribution in [2.24, 2.45) is 0 Å². The fourth-order valence-corrected chi connectivity index (χ4v) is 2.89. The van der Waals surface area contributed by atoms with E-state index in [0.29, 0.717) is 23.0 Å². The molecule has 0 aliphatic carbocycles. The lowest BCUT2D eigenvalue weighted by molar-refractivity contribution is -0.120. The minimum Gasteiger partial charge on any atom is -0.349 e. The van der Waals surface area contributed by atoms with E-state index >= 15 is 0 Å². The van der Waals surface area contributed by atoms with Gasteiger partial charge in [0.15, 0.2) is 0 Å². The average molecular weight is 314 g/mol. The Kier molecular flexibility index (Phi) is 3.97. The summed E-state index contributed by atoms with van der Waals surface area (Å²) in [4.78, 5) is 28.1. The molecule has 0 radical (unpaired) electrons. The summed E-state index contributed by atoms with van der Waals surface area (Å²) in [6, 6.07) is 7.12. The fourth-order valence-electron chi connectivity index (χ4n) is 2.18. The van der Waals surface area contributed by atoms with Crippen molar-refractivity contribution < 1.29 is 4.79 Å². The summed E-state index contributed by atoms with van der Waals surface area (Å²) in [6.07, 6.45) is 0.113. The van der Waals surface area contributed by atoms with Crippen LogP contribution in [0.3, 0.4) is 0 Å². The molecule has 0 saturated carbocycles. The van der Waals surface area contributed by atoms with Crippen LogP contribution in [0, 0.1) is 6.92 Å². The highest BCUT2D eigenvalue weighted by atomic mass is 32.1. The van der Waals surface area contributed by atoms with Crippen LogP contribution in [0.25, 0.3) is 10.8 Å². The third kappa shape index (κ3) is 3.04. The Morgan fingerprint density at radius 3 is 2.82 bits per heavy atom. The zero-order chi connectivity index (χ0) is 15.5. The first-order chi connectivity index (χ1) is 10.6. The first-order valence-electron chi connectivity index (χ1n) is 6.77. The quantitative estimate of drug-likeness (QED) is 0.765. The predicted octanol–water partition coefficient (Wildman–Crippen LogP) is 1.55. The predicted molar refractivity (Wildman–Crippen MR) is 84.8 cm³/mol. The van der Waals surface area contributed by atoms with Gasteiger partial charge in [-0.2, -0.15) is 5.10 Å². The van der Waals surface area contributed by atoms with Gasteiger partial charge in [0.2, 0.25) is 5.91 Å². The van der Waals surface area contributed by atoms with E-state index in [1.54, 1.807) is 18.2 Å². The van der Waals surface area contributed by atoms with Crippen molar-refractivity contribution in [1.29, 1.82) is 0 Å². The lowest BCUT2D eigenvalue weighted by atomic mass is 10.1. The highest BCUT2D eigenvalue weighted by molar-refractivity contribution is 7.09. The number of carbonyl (C=O) groups is 1. The summed E-state index contributed by atoms with van der Waals surface area (Å²) >= 11 is 1.51. The molecule has 0 saturated heterocycles. The first kappa shape index (κ1) is 14.4. The van der Waals surface area contributed by atoms with E-state index in [1.165, 1.54) is 11.3 Å². The molecule has 3 rings (SSSR count). The maximum atomic E-state index is 12.1. The number of amides is 1. The van der Waals surface area contributed by atoms with Gasteiger partial charge in [-0.3, -0.25) is 9.59 Å². The number of rotatable bonds is 4. The highest BCUT2D eigenvalue weighted by Crippen LogP contribution is 2.13. The topological polar surface area (TPSA) is 87.7 Å². The van der Waals surface area contributed by atoms with Crippen LogP contribution in [0.5, 0.6) is 0 Å². The molecule has 3 aromatic rings. The molecule has 0 spiro atoms. The number of carbonyl (C=O) groups excluding carboxylic acids is 1. The molecule has 0 fully saturated rings. The van der Waals surface area contributed by atoms with E-state index in [1.807, 2.05) is 18.4 Å². The monoisotopic (exact) mass is 314 g/mol. The molecule has 1 aromatic carbocycles. The number of aromatic amines is 1. The van der Waals surface area contributed by atoms with Gasteiger partial charge in [-0.25, -0.2) is 10.1 Å². The molecule has 2 aromatic heterocycles. The van der Waals surface area contributed by atoms with Gasteiger partial charge in [0.25, 0.3) is 5.56 Å². The number of benzene rings is 1. The number of hydrogen-bond donors (Lipinski definition) is 2. The molecule has 0 bridgehead atoms. The number of H-pyrrole nitrogens is 1. The third-order valence-electron chi connectivity index (χ3n) is 3.21. The van der Waals surface area contributed by atoms with Crippen molar-refractivity contribution in [2.75, 3.05) is 0 Å². The van der Waals surface area contributed by atoms with Crippen molar-refractivity contribution in [3.05, 3.63) is 56.4 Å². The number of hydrogen-bond acceptors (Lipinski definition) is 5. The van der Waals surface area contributed by atoms with Gasteiger partial charge >= 0.3 is 0 Å². The lowest BCUT2D eigenvalue weighted by Gasteiger charge is -2.05. The number of thiazole rings is 1. The Labute approximate surface area is 130 Å². The van der Waals surface area contributed by atoms with E-state index < -0.39 is 0 Å². The van der Waals surface area contributed by atoms with Gasteiger partial charge in [-0.1, -0.05) is 18.2 Å². The molecule has 22 heavy (non-hydrogen) atoms. The van der Waals surface area contributed by atoms with E-state index in [-0.39, 0.29) is 17.9 Å². The van der Waals surface area contributed by atoms with Gasteiger partial charge in [-0.15, -0.1) is 11.3 Å². The summed E-state index contributed by atoms with van der Waals surface area (Å²) in [5.74, 6) is -0.155. The number of aryl methyl sites for hydroxylation is 1. The minimum atomic E-state index is -0.252. The Hall–Kier alpha value is -2.54. The van der Waals surface area contributed by atoms with Crippen molar-refractivity contribution in [3.8, 4) is 0 Å². The number of aromatic nitrogens is 3. The molecule has 7 heteroatoms. The summed E-state index contributed by atoms with van der Waals surface area (Å²) in [5, 5.41) is 13.3. The van der Waals surface area contributed by atoms with Crippen LogP contribution in [-0.2, 0) is 17.8 Å². The molecule has 0 aliphatic heterocycles. The average Bonchev–Trinajstić information content (AvgIpc) is 2.94. The molecule has 0 atom stereocenters.